The van der Waals surface area contributed by atoms with Gasteiger partial charge in [0, 0.05) is 0 Å². The maximum Gasteiger partial charge on any atom is 0.407 e. The van der Waals surface area contributed by atoms with Gasteiger partial charge >= 0.3 is 12.1 Å². The summed E-state index contributed by atoms with van der Waals surface area (Å²) in [5.41, 5.74) is 0.230. The van der Waals surface area contributed by atoms with Gasteiger partial charge in [-0.2, -0.15) is 0 Å². The average molecular weight is 318 g/mol. The number of hydrogen-bond donors (Lipinski definition) is 1. The van der Waals surface area contributed by atoms with Crippen molar-refractivity contribution in [3.63, 3.8) is 0 Å². The van der Waals surface area contributed by atoms with Crippen LogP contribution in [0.25, 0.3) is 0 Å². The molecule has 2 rings (SSSR count). The molecule has 1 aliphatic heterocycles. The molecule has 5 nitrogen and oxygen atoms in total. The molecule has 0 saturated carbocycles. The molecule has 96 valence electrons. The number of nitrogens with one attached hydrogen (secondary N) is 1. The Morgan fingerprint density at radius 1 is 1.61 bits per heavy atom. The Hall–Kier alpha value is -1.63. The monoisotopic (exact) mass is 317 g/mol. The summed E-state index contributed by atoms with van der Waals surface area (Å²) in [6.07, 6.45) is -0.527. The number of halogens is 2. The molecule has 1 aromatic carbocycles. The molecule has 7 heteroatoms. The zero-order chi connectivity index (χ0) is 13.1. The van der Waals surface area contributed by atoms with Crippen LogP contribution >= 0.6 is 15.9 Å². The van der Waals surface area contributed by atoms with E-state index in [1.807, 2.05) is 0 Å². The predicted octanol–water partition coefficient (Wildman–Crippen LogP) is 1.85. The number of alkyl carbamates (subject to hydrolysis) is 1. The van der Waals surface area contributed by atoms with Gasteiger partial charge in [-0.25, -0.2) is 14.0 Å². The molecular weight excluding hydrogens is 309 g/mol. The minimum atomic E-state index is -0.586. The Labute approximate surface area is 110 Å². The van der Waals surface area contributed by atoms with Crippen LogP contribution in [0.1, 0.15) is 10.4 Å². The van der Waals surface area contributed by atoms with Gasteiger partial charge in [0.1, 0.15) is 25.1 Å². The van der Waals surface area contributed by atoms with Gasteiger partial charge in [0.15, 0.2) is 0 Å². The highest BCUT2D eigenvalue weighted by Gasteiger charge is 2.23. The quantitative estimate of drug-likeness (QED) is 0.864. The third-order valence-electron chi connectivity index (χ3n) is 2.31. The summed E-state index contributed by atoms with van der Waals surface area (Å²) in [6.45, 7) is 0.179. The summed E-state index contributed by atoms with van der Waals surface area (Å²) in [5.74, 6) is -1.04. The van der Waals surface area contributed by atoms with E-state index in [0.717, 1.165) is 0 Å². The van der Waals surface area contributed by atoms with E-state index in [4.69, 9.17) is 4.74 Å². The summed E-state index contributed by atoms with van der Waals surface area (Å²) in [6, 6.07) is 3.49. The van der Waals surface area contributed by atoms with Gasteiger partial charge in [0.05, 0.1) is 10.0 Å². The maximum atomic E-state index is 13.0. The number of rotatable bonds is 3. The molecule has 18 heavy (non-hydrogen) atoms. The third-order valence-corrected chi connectivity index (χ3v) is 2.92. The molecular formula is C11H9BrFNO4. The van der Waals surface area contributed by atoms with Gasteiger partial charge in [-0.15, -0.1) is 0 Å². The van der Waals surface area contributed by atoms with Crippen LogP contribution in [0.3, 0.4) is 0 Å². The molecule has 0 radical (unpaired) electrons. The summed E-state index contributed by atoms with van der Waals surface area (Å²) in [7, 11) is 0. The molecule has 0 aliphatic carbocycles. The standard InChI is InChI=1S/C11H9BrFNO4/c12-8-3-6(1-2-9(8)13)10(15)17-4-7-5-18-11(16)14-7/h1-3,7H,4-5H2,(H,14,16). The summed E-state index contributed by atoms with van der Waals surface area (Å²) in [5, 5.41) is 2.47. The van der Waals surface area contributed by atoms with Gasteiger partial charge in [-0.05, 0) is 34.1 Å². The lowest BCUT2D eigenvalue weighted by molar-refractivity contribution is 0.0468. The molecule has 1 aliphatic rings. The number of carbonyl (C=O) groups is 2. The smallest absolute Gasteiger partial charge is 0.407 e. The Bertz CT molecular complexity index is 494. The molecule has 1 heterocycles. The molecule has 1 aromatic rings. The van der Waals surface area contributed by atoms with Gasteiger partial charge < -0.3 is 14.8 Å². The van der Waals surface area contributed by atoms with Crippen molar-refractivity contribution >= 4 is 28.0 Å². The average Bonchev–Trinajstić information content (AvgIpc) is 2.75. The van der Waals surface area contributed by atoms with Crippen molar-refractivity contribution in [2.24, 2.45) is 0 Å². The minimum Gasteiger partial charge on any atom is -0.460 e. The van der Waals surface area contributed by atoms with Gasteiger partial charge in [0.2, 0.25) is 0 Å². The van der Waals surface area contributed by atoms with Crippen molar-refractivity contribution in [1.29, 1.82) is 0 Å². The summed E-state index contributed by atoms with van der Waals surface area (Å²) < 4.78 is 22.8. The number of hydrogen-bond acceptors (Lipinski definition) is 4. The van der Waals surface area contributed by atoms with E-state index >= 15 is 0 Å². The van der Waals surface area contributed by atoms with Crippen molar-refractivity contribution in [2.45, 2.75) is 6.04 Å². The van der Waals surface area contributed by atoms with Crippen molar-refractivity contribution in [1.82, 2.24) is 5.32 Å². The van der Waals surface area contributed by atoms with Crippen molar-refractivity contribution in [3.8, 4) is 0 Å². The number of cyclic esters (lactones) is 1. The number of ether oxygens (including phenoxy) is 2. The Morgan fingerprint density at radius 3 is 3.00 bits per heavy atom. The Kier molecular flexibility index (Phi) is 3.81. The van der Waals surface area contributed by atoms with Crippen LogP contribution in [0.4, 0.5) is 9.18 Å². The van der Waals surface area contributed by atoms with Crippen LogP contribution in [-0.2, 0) is 9.47 Å². The highest BCUT2D eigenvalue weighted by Crippen LogP contribution is 2.17. The summed E-state index contributed by atoms with van der Waals surface area (Å²) >= 11 is 2.98. The van der Waals surface area contributed by atoms with E-state index in [2.05, 4.69) is 26.0 Å². The molecule has 0 aromatic heterocycles. The summed E-state index contributed by atoms with van der Waals surface area (Å²) in [4.78, 5) is 22.4. The van der Waals surface area contributed by atoms with Crippen LogP contribution in [0.15, 0.2) is 22.7 Å². The number of carbonyl (C=O) groups excluding carboxylic acids is 2. The van der Waals surface area contributed by atoms with Gasteiger partial charge in [0.25, 0.3) is 0 Å². The molecule has 0 spiro atoms. The fourth-order valence-electron chi connectivity index (χ4n) is 1.40. The molecule has 1 fully saturated rings. The molecule has 1 saturated heterocycles. The second kappa shape index (κ2) is 5.34. The first-order valence-electron chi connectivity index (χ1n) is 5.12. The molecule has 1 unspecified atom stereocenters. The highest BCUT2D eigenvalue weighted by molar-refractivity contribution is 9.10. The van der Waals surface area contributed by atoms with E-state index < -0.39 is 17.9 Å². The lowest BCUT2D eigenvalue weighted by atomic mass is 10.2. The van der Waals surface area contributed by atoms with Crippen molar-refractivity contribution in [3.05, 3.63) is 34.1 Å². The SMILES string of the molecule is O=C1NC(COC(=O)c2ccc(F)c(Br)c2)CO1. The van der Waals surface area contributed by atoms with E-state index in [-0.39, 0.29) is 29.3 Å². The second-order valence-corrected chi connectivity index (χ2v) is 4.52. The fraction of sp³-hybridized carbons (Fsp3) is 0.273. The first-order chi connectivity index (χ1) is 8.56. The Balaban J connectivity index is 1.91. The van der Waals surface area contributed by atoms with Crippen LogP contribution < -0.4 is 5.32 Å². The van der Waals surface area contributed by atoms with E-state index in [9.17, 15) is 14.0 Å². The maximum absolute atomic E-state index is 13.0. The largest absolute Gasteiger partial charge is 0.460 e. The van der Waals surface area contributed by atoms with Crippen LogP contribution in [-0.4, -0.2) is 31.3 Å². The van der Waals surface area contributed by atoms with Crippen molar-refractivity contribution in [2.75, 3.05) is 13.2 Å². The Morgan fingerprint density at radius 2 is 2.39 bits per heavy atom. The van der Waals surface area contributed by atoms with Gasteiger partial charge in [-0.1, -0.05) is 0 Å². The van der Waals surface area contributed by atoms with E-state index in [1.165, 1.54) is 18.2 Å². The number of benzene rings is 1. The van der Waals surface area contributed by atoms with E-state index in [1.54, 1.807) is 0 Å². The van der Waals surface area contributed by atoms with Crippen LogP contribution in [0.2, 0.25) is 0 Å². The van der Waals surface area contributed by atoms with E-state index in [0.29, 0.717) is 0 Å². The first-order valence-corrected chi connectivity index (χ1v) is 5.91. The first kappa shape index (κ1) is 12.8. The minimum absolute atomic E-state index is 0.0135. The lowest BCUT2D eigenvalue weighted by Crippen LogP contribution is -2.31. The second-order valence-electron chi connectivity index (χ2n) is 3.67. The third kappa shape index (κ3) is 2.98. The molecule has 0 bridgehead atoms. The molecule has 1 N–H and O–H groups in total. The molecule has 1 atom stereocenters. The highest BCUT2D eigenvalue weighted by atomic mass is 79.9. The van der Waals surface area contributed by atoms with Crippen LogP contribution in [0.5, 0.6) is 0 Å². The zero-order valence-corrected chi connectivity index (χ0v) is 10.7. The lowest BCUT2D eigenvalue weighted by Gasteiger charge is -2.08. The van der Waals surface area contributed by atoms with Gasteiger partial charge in [-0.3, -0.25) is 0 Å². The normalized spacial score (nSPS) is 18.1. The predicted molar refractivity (Wildman–Crippen MR) is 62.7 cm³/mol. The number of amides is 1. The van der Waals surface area contributed by atoms with Crippen LogP contribution in [0, 0.1) is 5.82 Å². The fourth-order valence-corrected chi connectivity index (χ4v) is 1.78. The zero-order valence-electron chi connectivity index (χ0n) is 9.11. The number of esters is 1. The topological polar surface area (TPSA) is 64.6 Å². The molecule has 1 amide bonds. The van der Waals surface area contributed by atoms with Crippen molar-refractivity contribution < 1.29 is 23.5 Å².